The number of aromatic nitrogens is 1. The van der Waals surface area contributed by atoms with Gasteiger partial charge in [0.2, 0.25) is 0 Å². The zero-order valence-corrected chi connectivity index (χ0v) is 10.3. The number of ether oxygens (including phenoxy) is 1. The zero-order chi connectivity index (χ0) is 13.0. The van der Waals surface area contributed by atoms with Gasteiger partial charge in [0, 0.05) is 7.05 Å². The van der Waals surface area contributed by atoms with Gasteiger partial charge in [-0.2, -0.15) is 4.98 Å². The predicted molar refractivity (Wildman–Crippen MR) is 66.3 cm³/mol. The molecule has 1 amide bonds. The van der Waals surface area contributed by atoms with Crippen molar-refractivity contribution in [2.45, 2.75) is 13.5 Å². The van der Waals surface area contributed by atoms with Crippen LogP contribution < -0.4 is 4.90 Å². The molecule has 0 bridgehead atoms. The zero-order valence-electron chi connectivity index (χ0n) is 10.3. The molecule has 0 radical (unpaired) electrons. The topological polar surface area (TPSA) is 55.6 Å². The Morgan fingerprint density at radius 2 is 2.11 bits per heavy atom. The maximum Gasteiger partial charge on any atom is 0.417 e. The summed E-state index contributed by atoms with van der Waals surface area (Å²) in [6, 6.07) is 9.71. The Hall–Kier alpha value is -2.30. The molecule has 0 unspecified atom stereocenters. The number of amides is 1. The smallest absolute Gasteiger partial charge is 0.417 e. The Kier molecular flexibility index (Phi) is 3.62. The van der Waals surface area contributed by atoms with E-state index in [0.29, 0.717) is 5.69 Å². The molecule has 0 saturated carbocycles. The number of anilines is 1. The minimum atomic E-state index is -0.499. The van der Waals surface area contributed by atoms with Crippen molar-refractivity contribution in [3.05, 3.63) is 47.9 Å². The second-order valence-corrected chi connectivity index (χ2v) is 3.87. The van der Waals surface area contributed by atoms with E-state index in [0.717, 1.165) is 5.56 Å². The lowest BCUT2D eigenvalue weighted by Gasteiger charge is -2.12. The molecule has 94 valence electrons. The predicted octanol–water partition coefficient (Wildman–Crippen LogP) is 2.76. The lowest BCUT2D eigenvalue weighted by molar-refractivity contribution is 0.147. The summed E-state index contributed by atoms with van der Waals surface area (Å²) in [5.41, 5.74) is 1.65. The molecule has 0 aliphatic heterocycles. The molecule has 2 rings (SSSR count). The van der Waals surface area contributed by atoms with Crippen LogP contribution in [-0.2, 0) is 11.3 Å². The molecule has 18 heavy (non-hydrogen) atoms. The molecule has 5 nitrogen and oxygen atoms in total. The summed E-state index contributed by atoms with van der Waals surface area (Å²) in [4.78, 5) is 17.0. The molecule has 0 aliphatic rings. The molecule has 0 aliphatic carbocycles. The fourth-order valence-electron chi connectivity index (χ4n) is 1.39. The molecule has 0 spiro atoms. The first kappa shape index (κ1) is 12.2. The number of hydrogen-bond acceptors (Lipinski definition) is 4. The summed E-state index contributed by atoms with van der Waals surface area (Å²) >= 11 is 0. The van der Waals surface area contributed by atoms with E-state index in [1.807, 2.05) is 30.3 Å². The average Bonchev–Trinajstić information content (AvgIpc) is 2.83. The van der Waals surface area contributed by atoms with Gasteiger partial charge >= 0.3 is 12.1 Å². The van der Waals surface area contributed by atoms with Crippen LogP contribution in [0.3, 0.4) is 0 Å². The summed E-state index contributed by atoms with van der Waals surface area (Å²) < 4.78 is 10.3. The molecular weight excluding hydrogens is 232 g/mol. The van der Waals surface area contributed by atoms with Gasteiger partial charge in [-0.3, -0.25) is 0 Å². The van der Waals surface area contributed by atoms with Crippen LogP contribution >= 0.6 is 0 Å². The van der Waals surface area contributed by atoms with Crippen LogP contribution in [0.5, 0.6) is 0 Å². The van der Waals surface area contributed by atoms with Crippen molar-refractivity contribution in [3.63, 3.8) is 0 Å². The van der Waals surface area contributed by atoms with Gasteiger partial charge in [0.05, 0.1) is 5.69 Å². The van der Waals surface area contributed by atoms with E-state index >= 15 is 0 Å². The number of hydrogen-bond donors (Lipinski definition) is 0. The lowest BCUT2D eigenvalue weighted by atomic mass is 10.2. The van der Waals surface area contributed by atoms with Crippen molar-refractivity contribution in [2.75, 3.05) is 11.9 Å². The number of benzene rings is 1. The quantitative estimate of drug-likeness (QED) is 0.835. The molecule has 1 aromatic heterocycles. The summed E-state index contributed by atoms with van der Waals surface area (Å²) in [6.45, 7) is 2.01. The third-order valence-corrected chi connectivity index (χ3v) is 2.37. The molecule has 0 fully saturated rings. The normalized spacial score (nSPS) is 10.1. The van der Waals surface area contributed by atoms with E-state index in [1.165, 1.54) is 11.2 Å². The highest BCUT2D eigenvalue weighted by Gasteiger charge is 2.16. The lowest BCUT2D eigenvalue weighted by Crippen LogP contribution is -2.27. The van der Waals surface area contributed by atoms with Crippen molar-refractivity contribution in [1.29, 1.82) is 0 Å². The highest BCUT2D eigenvalue weighted by molar-refractivity contribution is 5.84. The third kappa shape index (κ3) is 2.88. The monoisotopic (exact) mass is 246 g/mol. The molecular formula is C13H14N2O3. The van der Waals surface area contributed by atoms with Crippen molar-refractivity contribution in [2.24, 2.45) is 0 Å². The largest absolute Gasteiger partial charge is 0.444 e. The Bertz CT molecular complexity index is 522. The van der Waals surface area contributed by atoms with Gasteiger partial charge in [0.15, 0.2) is 0 Å². The third-order valence-electron chi connectivity index (χ3n) is 2.37. The number of nitrogens with zero attached hydrogens (tertiary/aromatic N) is 2. The van der Waals surface area contributed by atoms with E-state index < -0.39 is 6.09 Å². The van der Waals surface area contributed by atoms with Gasteiger partial charge in [-0.25, -0.2) is 9.69 Å². The SMILES string of the molecule is Cc1coc(N(C)C(=O)OCc2ccccc2)n1. The second-order valence-electron chi connectivity index (χ2n) is 3.87. The second kappa shape index (κ2) is 5.35. The Labute approximate surface area is 105 Å². The number of rotatable bonds is 3. The van der Waals surface area contributed by atoms with Crippen LogP contribution in [0.25, 0.3) is 0 Å². The fourth-order valence-corrected chi connectivity index (χ4v) is 1.39. The van der Waals surface area contributed by atoms with Gasteiger partial charge in [-0.1, -0.05) is 30.3 Å². The number of carbonyl (C=O) groups is 1. The fraction of sp³-hybridized carbons (Fsp3) is 0.231. The molecule has 1 aromatic carbocycles. The standard InChI is InChI=1S/C13H14N2O3/c1-10-8-17-12(14-10)15(2)13(16)18-9-11-6-4-3-5-7-11/h3-8H,9H2,1-2H3. The Morgan fingerprint density at radius 1 is 1.39 bits per heavy atom. The number of aryl methyl sites for hydroxylation is 1. The van der Waals surface area contributed by atoms with Crippen molar-refractivity contribution in [1.82, 2.24) is 4.98 Å². The van der Waals surface area contributed by atoms with Crippen LogP contribution in [0.4, 0.5) is 10.8 Å². The van der Waals surface area contributed by atoms with Gasteiger partial charge < -0.3 is 9.15 Å². The molecule has 5 heteroatoms. The maximum atomic E-state index is 11.7. The van der Waals surface area contributed by atoms with Crippen molar-refractivity contribution in [3.8, 4) is 0 Å². The van der Waals surface area contributed by atoms with E-state index in [-0.39, 0.29) is 12.6 Å². The number of oxazole rings is 1. The van der Waals surface area contributed by atoms with Crippen molar-refractivity contribution >= 4 is 12.1 Å². The van der Waals surface area contributed by atoms with Gasteiger partial charge in [-0.05, 0) is 12.5 Å². The van der Waals surface area contributed by atoms with Crippen LogP contribution in [0.15, 0.2) is 41.0 Å². The van der Waals surface area contributed by atoms with Crippen LogP contribution in [-0.4, -0.2) is 18.1 Å². The maximum absolute atomic E-state index is 11.7. The first-order valence-corrected chi connectivity index (χ1v) is 5.53. The Morgan fingerprint density at radius 3 is 2.72 bits per heavy atom. The summed E-state index contributed by atoms with van der Waals surface area (Å²) in [7, 11) is 1.55. The summed E-state index contributed by atoms with van der Waals surface area (Å²) in [5, 5.41) is 0. The summed E-state index contributed by atoms with van der Waals surface area (Å²) in [5.74, 6) is 0. The van der Waals surface area contributed by atoms with E-state index in [1.54, 1.807) is 14.0 Å². The molecule has 0 atom stereocenters. The van der Waals surface area contributed by atoms with E-state index in [9.17, 15) is 4.79 Å². The average molecular weight is 246 g/mol. The van der Waals surface area contributed by atoms with Crippen LogP contribution in [0, 0.1) is 6.92 Å². The van der Waals surface area contributed by atoms with Crippen LogP contribution in [0.2, 0.25) is 0 Å². The number of carbonyl (C=O) groups excluding carboxylic acids is 1. The van der Waals surface area contributed by atoms with E-state index in [4.69, 9.17) is 9.15 Å². The first-order valence-electron chi connectivity index (χ1n) is 5.53. The highest BCUT2D eigenvalue weighted by Crippen LogP contribution is 2.12. The van der Waals surface area contributed by atoms with Gasteiger partial charge in [0.1, 0.15) is 12.9 Å². The molecule has 2 aromatic rings. The van der Waals surface area contributed by atoms with Crippen LogP contribution in [0.1, 0.15) is 11.3 Å². The highest BCUT2D eigenvalue weighted by atomic mass is 16.6. The first-order chi connectivity index (χ1) is 8.66. The van der Waals surface area contributed by atoms with Gasteiger partial charge in [0.25, 0.3) is 0 Å². The molecule has 1 heterocycles. The van der Waals surface area contributed by atoms with Gasteiger partial charge in [-0.15, -0.1) is 0 Å². The minimum Gasteiger partial charge on any atom is -0.444 e. The van der Waals surface area contributed by atoms with E-state index in [2.05, 4.69) is 4.98 Å². The molecule has 0 N–H and O–H groups in total. The molecule has 0 saturated heterocycles. The summed E-state index contributed by atoms with van der Waals surface area (Å²) in [6.07, 6.45) is 0.983. The minimum absolute atomic E-state index is 0.226. The van der Waals surface area contributed by atoms with Crippen molar-refractivity contribution < 1.29 is 13.9 Å². The Balaban J connectivity index is 1.92.